The smallest absolute Gasteiger partial charge is 0.303 e. The predicted molar refractivity (Wildman–Crippen MR) is 82.2 cm³/mol. The first-order chi connectivity index (χ1) is 10.1. The number of rotatable bonds is 6. The Kier molecular flexibility index (Phi) is 5.78. The monoisotopic (exact) mass is 289 g/mol. The van der Waals surface area contributed by atoms with Crippen LogP contribution in [0.5, 0.6) is 0 Å². The molecule has 2 N–H and O–H groups in total. The Labute approximate surface area is 125 Å². The molecule has 0 radical (unpaired) electrons. The molecule has 2 rings (SSSR count). The van der Waals surface area contributed by atoms with Gasteiger partial charge in [-0.15, -0.1) is 0 Å². The van der Waals surface area contributed by atoms with E-state index < -0.39 is 5.97 Å². The molecule has 114 valence electrons. The summed E-state index contributed by atoms with van der Waals surface area (Å²) in [5.74, 6) is -0.464. The molecule has 1 aromatic rings. The SMILES string of the molecule is O=C(O)CCCc1ccc(NC(=O)C2CCCCC2)cc1. The number of amides is 1. The van der Waals surface area contributed by atoms with E-state index in [1.54, 1.807) is 0 Å². The lowest BCUT2D eigenvalue weighted by Crippen LogP contribution is -2.24. The number of carbonyl (C=O) groups excluding carboxylic acids is 1. The maximum absolute atomic E-state index is 12.1. The van der Waals surface area contributed by atoms with Crippen LogP contribution in [-0.2, 0) is 16.0 Å². The third-order valence-electron chi connectivity index (χ3n) is 4.05. The zero-order chi connectivity index (χ0) is 15.1. The molecule has 0 heterocycles. The van der Waals surface area contributed by atoms with Crippen LogP contribution in [0.15, 0.2) is 24.3 Å². The number of aliphatic carboxylic acids is 1. The van der Waals surface area contributed by atoms with Crippen molar-refractivity contribution < 1.29 is 14.7 Å². The molecule has 4 heteroatoms. The van der Waals surface area contributed by atoms with E-state index in [2.05, 4.69) is 5.32 Å². The lowest BCUT2D eigenvalue weighted by Gasteiger charge is -2.20. The normalized spacial score (nSPS) is 15.6. The quantitative estimate of drug-likeness (QED) is 0.840. The summed E-state index contributed by atoms with van der Waals surface area (Å²) < 4.78 is 0. The topological polar surface area (TPSA) is 66.4 Å². The van der Waals surface area contributed by atoms with E-state index in [4.69, 9.17) is 5.11 Å². The lowest BCUT2D eigenvalue weighted by molar-refractivity contribution is -0.137. The summed E-state index contributed by atoms with van der Waals surface area (Å²) in [7, 11) is 0. The maximum Gasteiger partial charge on any atom is 0.303 e. The van der Waals surface area contributed by atoms with Gasteiger partial charge in [0.2, 0.25) is 5.91 Å². The maximum atomic E-state index is 12.1. The van der Waals surface area contributed by atoms with Crippen LogP contribution in [0.25, 0.3) is 0 Å². The van der Waals surface area contributed by atoms with E-state index in [1.165, 1.54) is 6.42 Å². The molecule has 0 aromatic heterocycles. The number of carbonyl (C=O) groups is 2. The minimum Gasteiger partial charge on any atom is -0.481 e. The predicted octanol–water partition coefficient (Wildman–Crippen LogP) is 3.61. The number of nitrogens with one attached hydrogen (secondary N) is 1. The van der Waals surface area contributed by atoms with Gasteiger partial charge in [0, 0.05) is 18.0 Å². The molecular weight excluding hydrogens is 266 g/mol. The highest BCUT2D eigenvalue weighted by Gasteiger charge is 2.20. The summed E-state index contributed by atoms with van der Waals surface area (Å²) in [4.78, 5) is 22.6. The first-order valence-electron chi connectivity index (χ1n) is 7.77. The number of hydrogen-bond donors (Lipinski definition) is 2. The zero-order valence-corrected chi connectivity index (χ0v) is 12.3. The van der Waals surface area contributed by atoms with Crippen molar-refractivity contribution in [2.24, 2.45) is 5.92 Å². The number of benzene rings is 1. The van der Waals surface area contributed by atoms with E-state index in [-0.39, 0.29) is 18.2 Å². The fourth-order valence-electron chi connectivity index (χ4n) is 2.81. The van der Waals surface area contributed by atoms with Crippen LogP contribution in [0.2, 0.25) is 0 Å². The van der Waals surface area contributed by atoms with Crippen LogP contribution in [-0.4, -0.2) is 17.0 Å². The molecule has 1 saturated carbocycles. The van der Waals surface area contributed by atoms with E-state index in [0.29, 0.717) is 6.42 Å². The number of anilines is 1. The Morgan fingerprint density at radius 1 is 1.10 bits per heavy atom. The Hall–Kier alpha value is -1.84. The summed E-state index contributed by atoms with van der Waals surface area (Å²) in [6.07, 6.45) is 7.14. The van der Waals surface area contributed by atoms with Crippen molar-refractivity contribution in [1.82, 2.24) is 0 Å². The second kappa shape index (κ2) is 7.81. The first kappa shape index (κ1) is 15.5. The van der Waals surface area contributed by atoms with E-state index in [0.717, 1.165) is 43.4 Å². The molecule has 1 aliphatic carbocycles. The largest absolute Gasteiger partial charge is 0.481 e. The molecule has 1 fully saturated rings. The second-order valence-corrected chi connectivity index (χ2v) is 5.77. The molecular formula is C17H23NO3. The molecule has 0 unspecified atom stereocenters. The molecule has 4 nitrogen and oxygen atoms in total. The Balaban J connectivity index is 1.81. The van der Waals surface area contributed by atoms with Crippen LogP contribution in [0, 0.1) is 5.92 Å². The van der Waals surface area contributed by atoms with Crippen molar-refractivity contribution in [3.63, 3.8) is 0 Å². The number of carboxylic acids is 1. The van der Waals surface area contributed by atoms with Crippen LogP contribution < -0.4 is 5.32 Å². The third-order valence-corrected chi connectivity index (χ3v) is 4.05. The van der Waals surface area contributed by atoms with Gasteiger partial charge >= 0.3 is 5.97 Å². The van der Waals surface area contributed by atoms with Gasteiger partial charge in [-0.25, -0.2) is 0 Å². The molecule has 1 aliphatic rings. The van der Waals surface area contributed by atoms with Crippen molar-refractivity contribution in [2.75, 3.05) is 5.32 Å². The van der Waals surface area contributed by atoms with Crippen molar-refractivity contribution in [3.8, 4) is 0 Å². The highest BCUT2D eigenvalue weighted by molar-refractivity contribution is 5.92. The van der Waals surface area contributed by atoms with E-state index in [1.807, 2.05) is 24.3 Å². The fourth-order valence-corrected chi connectivity index (χ4v) is 2.81. The molecule has 1 amide bonds. The van der Waals surface area contributed by atoms with Gasteiger partial charge in [-0.3, -0.25) is 9.59 Å². The van der Waals surface area contributed by atoms with Gasteiger partial charge in [0.25, 0.3) is 0 Å². The summed E-state index contributed by atoms with van der Waals surface area (Å²) in [5.41, 5.74) is 1.93. The average molecular weight is 289 g/mol. The fraction of sp³-hybridized carbons (Fsp3) is 0.529. The molecule has 0 atom stereocenters. The van der Waals surface area contributed by atoms with Gasteiger partial charge in [0.05, 0.1) is 0 Å². The van der Waals surface area contributed by atoms with Crippen molar-refractivity contribution in [2.45, 2.75) is 51.4 Å². The number of aryl methyl sites for hydroxylation is 1. The van der Waals surface area contributed by atoms with Crippen LogP contribution in [0.3, 0.4) is 0 Å². The van der Waals surface area contributed by atoms with Gasteiger partial charge in [0.15, 0.2) is 0 Å². The second-order valence-electron chi connectivity index (χ2n) is 5.77. The van der Waals surface area contributed by atoms with Gasteiger partial charge < -0.3 is 10.4 Å². The number of hydrogen-bond acceptors (Lipinski definition) is 2. The van der Waals surface area contributed by atoms with Crippen molar-refractivity contribution in [1.29, 1.82) is 0 Å². The zero-order valence-electron chi connectivity index (χ0n) is 12.3. The van der Waals surface area contributed by atoms with Crippen molar-refractivity contribution >= 4 is 17.6 Å². The number of carboxylic acid groups (broad SMARTS) is 1. The summed E-state index contributed by atoms with van der Waals surface area (Å²) in [6.45, 7) is 0. The van der Waals surface area contributed by atoms with E-state index >= 15 is 0 Å². The van der Waals surface area contributed by atoms with Gasteiger partial charge in [-0.2, -0.15) is 0 Å². The summed E-state index contributed by atoms with van der Waals surface area (Å²) in [5, 5.41) is 11.6. The minimum atomic E-state index is -0.758. The minimum absolute atomic E-state index is 0.133. The summed E-state index contributed by atoms with van der Waals surface area (Å²) in [6, 6.07) is 7.71. The highest BCUT2D eigenvalue weighted by Crippen LogP contribution is 2.25. The van der Waals surface area contributed by atoms with Gasteiger partial charge in [0.1, 0.15) is 0 Å². The van der Waals surface area contributed by atoms with Crippen molar-refractivity contribution in [3.05, 3.63) is 29.8 Å². The molecule has 0 spiro atoms. The van der Waals surface area contributed by atoms with Crippen LogP contribution in [0.1, 0.15) is 50.5 Å². The first-order valence-corrected chi connectivity index (χ1v) is 7.77. The lowest BCUT2D eigenvalue weighted by atomic mass is 9.88. The molecule has 21 heavy (non-hydrogen) atoms. The Morgan fingerprint density at radius 2 is 1.76 bits per heavy atom. The Morgan fingerprint density at radius 3 is 2.38 bits per heavy atom. The van der Waals surface area contributed by atoms with Gasteiger partial charge in [-0.05, 0) is 43.4 Å². The molecule has 0 saturated heterocycles. The third kappa shape index (κ3) is 5.21. The highest BCUT2D eigenvalue weighted by atomic mass is 16.4. The molecule has 0 aliphatic heterocycles. The van der Waals surface area contributed by atoms with Gasteiger partial charge in [-0.1, -0.05) is 31.4 Å². The Bertz CT molecular complexity index is 475. The average Bonchev–Trinajstić information content (AvgIpc) is 2.49. The standard InChI is InChI=1S/C17H23NO3/c19-16(20)8-4-5-13-9-11-15(12-10-13)18-17(21)14-6-2-1-3-7-14/h9-12,14H,1-8H2,(H,18,21)(H,19,20). The van der Waals surface area contributed by atoms with Crippen LogP contribution in [0.4, 0.5) is 5.69 Å². The van der Waals surface area contributed by atoms with E-state index in [9.17, 15) is 9.59 Å². The molecule has 1 aromatic carbocycles. The summed E-state index contributed by atoms with van der Waals surface area (Å²) >= 11 is 0. The molecule has 0 bridgehead atoms. The van der Waals surface area contributed by atoms with Crippen LogP contribution >= 0.6 is 0 Å².